The van der Waals surface area contributed by atoms with Crippen LogP contribution >= 0.6 is 11.3 Å². The van der Waals surface area contributed by atoms with Crippen molar-refractivity contribution in [3.05, 3.63) is 47.4 Å². The summed E-state index contributed by atoms with van der Waals surface area (Å²) in [7, 11) is 0. The van der Waals surface area contributed by atoms with Crippen LogP contribution in [0.1, 0.15) is 24.1 Å². The van der Waals surface area contributed by atoms with Crippen molar-refractivity contribution >= 4 is 22.4 Å². The Morgan fingerprint density at radius 2 is 2.17 bits per heavy atom. The van der Waals surface area contributed by atoms with Crippen molar-refractivity contribution < 1.29 is 4.79 Å². The highest BCUT2D eigenvalue weighted by molar-refractivity contribution is 7.14. The fraction of sp³-hybridized carbons (Fsp3) is 0.250. The van der Waals surface area contributed by atoms with E-state index in [0.717, 1.165) is 16.8 Å². The molecule has 6 nitrogen and oxygen atoms in total. The van der Waals surface area contributed by atoms with Crippen LogP contribution in [0.3, 0.4) is 0 Å². The van der Waals surface area contributed by atoms with Crippen LogP contribution in [0, 0.1) is 13.8 Å². The highest BCUT2D eigenvalue weighted by Crippen LogP contribution is 2.28. The third-order valence-electron chi connectivity index (χ3n) is 3.62. The molecule has 0 spiro atoms. The molecular formula is C16H17N5OS. The van der Waals surface area contributed by atoms with Crippen molar-refractivity contribution in [1.29, 1.82) is 0 Å². The van der Waals surface area contributed by atoms with Crippen molar-refractivity contribution in [3.8, 4) is 11.3 Å². The van der Waals surface area contributed by atoms with Gasteiger partial charge in [0.15, 0.2) is 5.13 Å². The molecule has 0 aliphatic carbocycles. The molecule has 3 aromatic rings. The molecule has 0 radical (unpaired) electrons. The molecule has 2 aromatic heterocycles. The van der Waals surface area contributed by atoms with E-state index in [2.05, 4.69) is 52.4 Å². The van der Waals surface area contributed by atoms with E-state index in [4.69, 9.17) is 0 Å². The highest BCUT2D eigenvalue weighted by Gasteiger charge is 2.17. The minimum Gasteiger partial charge on any atom is -0.300 e. The average molecular weight is 327 g/mol. The zero-order valence-electron chi connectivity index (χ0n) is 13.1. The number of nitrogens with zero attached hydrogens (tertiary/aromatic N) is 4. The number of thiazole rings is 1. The van der Waals surface area contributed by atoms with Gasteiger partial charge in [0.25, 0.3) is 5.91 Å². The van der Waals surface area contributed by atoms with Gasteiger partial charge in [-0.1, -0.05) is 17.7 Å². The maximum atomic E-state index is 12.2. The maximum absolute atomic E-state index is 12.2. The summed E-state index contributed by atoms with van der Waals surface area (Å²) >= 11 is 1.41. The number of benzene rings is 1. The molecule has 118 valence electrons. The second kappa shape index (κ2) is 6.29. The fourth-order valence-corrected chi connectivity index (χ4v) is 2.93. The molecule has 1 aromatic carbocycles. The molecule has 0 bridgehead atoms. The molecule has 0 aliphatic rings. The summed E-state index contributed by atoms with van der Waals surface area (Å²) < 4.78 is 1.51. The Morgan fingerprint density at radius 1 is 1.35 bits per heavy atom. The van der Waals surface area contributed by atoms with Crippen LogP contribution in [-0.4, -0.2) is 25.7 Å². The van der Waals surface area contributed by atoms with Crippen LogP contribution in [0.25, 0.3) is 11.3 Å². The van der Waals surface area contributed by atoms with E-state index in [1.165, 1.54) is 34.2 Å². The number of hydrogen-bond donors (Lipinski definition) is 1. The average Bonchev–Trinajstić information content (AvgIpc) is 3.20. The summed E-state index contributed by atoms with van der Waals surface area (Å²) in [6.45, 7) is 5.88. The highest BCUT2D eigenvalue weighted by atomic mass is 32.1. The van der Waals surface area contributed by atoms with Crippen molar-refractivity contribution in [1.82, 2.24) is 19.7 Å². The lowest BCUT2D eigenvalue weighted by atomic mass is 10.0. The third kappa shape index (κ3) is 3.29. The number of rotatable bonds is 4. The Balaban J connectivity index is 1.77. The van der Waals surface area contributed by atoms with Crippen molar-refractivity contribution in [2.24, 2.45) is 0 Å². The van der Waals surface area contributed by atoms with Crippen molar-refractivity contribution in [3.63, 3.8) is 0 Å². The Bertz CT molecular complexity index is 825. The molecule has 0 fully saturated rings. The van der Waals surface area contributed by atoms with Crippen LogP contribution in [-0.2, 0) is 4.79 Å². The first kappa shape index (κ1) is 15.4. The predicted octanol–water partition coefficient (Wildman–Crippen LogP) is 3.22. The molecule has 3 rings (SSSR count). The largest absolute Gasteiger partial charge is 0.300 e. The standard InChI is InChI=1S/C16H17N5OS/c1-10-4-5-11(2)13(6-10)14-7-23-16(19-14)20-15(22)12(3)21-9-17-8-18-21/h4-9,12H,1-3H3,(H,19,20,22). The van der Waals surface area contributed by atoms with E-state index in [-0.39, 0.29) is 5.91 Å². The molecule has 7 heteroatoms. The molecule has 1 amide bonds. The first-order chi connectivity index (χ1) is 11.0. The predicted molar refractivity (Wildman–Crippen MR) is 90.4 cm³/mol. The minimum absolute atomic E-state index is 0.169. The van der Waals surface area contributed by atoms with Crippen LogP contribution in [0.4, 0.5) is 5.13 Å². The number of anilines is 1. The number of aryl methyl sites for hydroxylation is 2. The molecule has 0 saturated heterocycles. The number of amides is 1. The fourth-order valence-electron chi connectivity index (χ4n) is 2.21. The topological polar surface area (TPSA) is 72.7 Å². The van der Waals surface area contributed by atoms with Crippen molar-refractivity contribution in [2.45, 2.75) is 26.8 Å². The van der Waals surface area contributed by atoms with Gasteiger partial charge in [-0.15, -0.1) is 11.3 Å². The van der Waals surface area contributed by atoms with E-state index in [0.29, 0.717) is 5.13 Å². The lowest BCUT2D eigenvalue weighted by molar-refractivity contribution is -0.119. The van der Waals surface area contributed by atoms with Crippen LogP contribution in [0.5, 0.6) is 0 Å². The van der Waals surface area contributed by atoms with Gasteiger partial charge in [-0.2, -0.15) is 5.10 Å². The van der Waals surface area contributed by atoms with Crippen LogP contribution in [0.2, 0.25) is 0 Å². The van der Waals surface area contributed by atoms with Gasteiger partial charge >= 0.3 is 0 Å². The van der Waals surface area contributed by atoms with Gasteiger partial charge in [0.2, 0.25) is 0 Å². The van der Waals surface area contributed by atoms with Gasteiger partial charge in [-0.05, 0) is 32.4 Å². The van der Waals surface area contributed by atoms with Gasteiger partial charge in [-0.25, -0.2) is 14.6 Å². The summed E-state index contributed by atoms with van der Waals surface area (Å²) in [6.07, 6.45) is 2.93. The van der Waals surface area contributed by atoms with Gasteiger partial charge < -0.3 is 5.32 Å². The summed E-state index contributed by atoms with van der Waals surface area (Å²) in [4.78, 5) is 20.6. The van der Waals surface area contributed by atoms with Crippen LogP contribution < -0.4 is 5.32 Å². The molecule has 23 heavy (non-hydrogen) atoms. The van der Waals surface area contributed by atoms with E-state index in [9.17, 15) is 4.79 Å². The van der Waals surface area contributed by atoms with Gasteiger partial charge in [-0.3, -0.25) is 4.79 Å². The zero-order chi connectivity index (χ0) is 16.4. The second-order valence-corrected chi connectivity index (χ2v) is 6.26. The molecule has 1 atom stereocenters. The summed E-state index contributed by atoms with van der Waals surface area (Å²) in [5.41, 5.74) is 4.31. The molecular weight excluding hydrogens is 310 g/mol. The van der Waals surface area contributed by atoms with Crippen LogP contribution in [0.15, 0.2) is 36.2 Å². The van der Waals surface area contributed by atoms with Gasteiger partial charge in [0.05, 0.1) is 5.69 Å². The third-order valence-corrected chi connectivity index (χ3v) is 4.37. The molecule has 1 N–H and O–H groups in total. The molecule has 2 heterocycles. The smallest absolute Gasteiger partial charge is 0.250 e. The number of hydrogen-bond acceptors (Lipinski definition) is 5. The Morgan fingerprint density at radius 3 is 2.91 bits per heavy atom. The van der Waals surface area contributed by atoms with E-state index in [1.54, 1.807) is 6.92 Å². The Labute approximate surface area is 138 Å². The lowest BCUT2D eigenvalue weighted by Crippen LogP contribution is -2.23. The quantitative estimate of drug-likeness (QED) is 0.798. The molecule has 0 aliphatic heterocycles. The second-order valence-electron chi connectivity index (χ2n) is 5.40. The summed E-state index contributed by atoms with van der Waals surface area (Å²) in [6, 6.07) is 5.82. The van der Waals surface area contributed by atoms with E-state index < -0.39 is 6.04 Å². The van der Waals surface area contributed by atoms with E-state index in [1.807, 2.05) is 5.38 Å². The van der Waals surface area contributed by atoms with Gasteiger partial charge in [0, 0.05) is 10.9 Å². The maximum Gasteiger partial charge on any atom is 0.250 e. The lowest BCUT2D eigenvalue weighted by Gasteiger charge is -2.10. The monoisotopic (exact) mass is 327 g/mol. The summed E-state index contributed by atoms with van der Waals surface area (Å²) in [5, 5.41) is 9.35. The summed E-state index contributed by atoms with van der Waals surface area (Å²) in [5.74, 6) is -0.169. The minimum atomic E-state index is -0.439. The molecule has 0 saturated carbocycles. The first-order valence-corrected chi connectivity index (χ1v) is 8.10. The Kier molecular flexibility index (Phi) is 4.20. The molecule has 1 unspecified atom stereocenters. The number of nitrogens with one attached hydrogen (secondary N) is 1. The first-order valence-electron chi connectivity index (χ1n) is 7.22. The Hall–Kier alpha value is -2.54. The van der Waals surface area contributed by atoms with E-state index >= 15 is 0 Å². The number of carbonyl (C=O) groups excluding carboxylic acids is 1. The van der Waals surface area contributed by atoms with Crippen molar-refractivity contribution in [2.75, 3.05) is 5.32 Å². The normalized spacial score (nSPS) is 12.1. The number of aromatic nitrogens is 4. The van der Waals surface area contributed by atoms with Gasteiger partial charge in [0.1, 0.15) is 18.7 Å². The zero-order valence-corrected chi connectivity index (χ0v) is 14.0. The number of carbonyl (C=O) groups is 1. The SMILES string of the molecule is Cc1ccc(C)c(-c2csc(NC(=O)C(C)n3cncn3)n2)c1.